The average molecular weight is 302 g/mol. The SMILES string of the molecule is CCCN(C)c1nc(N)c(C(=O)N(C)CCSC)s1. The molecule has 0 aliphatic heterocycles. The van der Waals surface area contributed by atoms with E-state index in [1.807, 2.05) is 18.2 Å². The van der Waals surface area contributed by atoms with E-state index in [2.05, 4.69) is 11.9 Å². The van der Waals surface area contributed by atoms with Crippen LogP contribution in [0.2, 0.25) is 0 Å². The predicted octanol–water partition coefficient (Wildman–Crippen LogP) is 2.01. The molecule has 0 unspecified atom stereocenters. The quantitative estimate of drug-likeness (QED) is 0.835. The number of thiazole rings is 1. The Labute approximate surface area is 123 Å². The van der Waals surface area contributed by atoms with Crippen molar-refractivity contribution in [1.29, 1.82) is 0 Å². The lowest BCUT2D eigenvalue weighted by atomic mass is 10.4. The molecule has 108 valence electrons. The maximum Gasteiger partial charge on any atom is 0.267 e. The molecule has 0 fully saturated rings. The molecule has 1 rings (SSSR count). The van der Waals surface area contributed by atoms with E-state index in [4.69, 9.17) is 5.73 Å². The van der Waals surface area contributed by atoms with Crippen molar-refractivity contribution in [2.45, 2.75) is 13.3 Å². The van der Waals surface area contributed by atoms with Gasteiger partial charge in [-0.05, 0) is 12.7 Å². The van der Waals surface area contributed by atoms with E-state index in [0.29, 0.717) is 10.7 Å². The molecule has 0 atom stereocenters. The summed E-state index contributed by atoms with van der Waals surface area (Å²) in [6.07, 6.45) is 3.06. The Morgan fingerprint density at radius 3 is 2.68 bits per heavy atom. The fraction of sp³-hybridized carbons (Fsp3) is 0.667. The lowest BCUT2D eigenvalue weighted by Crippen LogP contribution is -2.28. The second-order valence-electron chi connectivity index (χ2n) is 4.35. The van der Waals surface area contributed by atoms with Crippen molar-refractivity contribution in [2.75, 3.05) is 49.8 Å². The zero-order chi connectivity index (χ0) is 14.4. The molecule has 1 aromatic rings. The summed E-state index contributed by atoms with van der Waals surface area (Å²) in [5.74, 6) is 1.22. The van der Waals surface area contributed by atoms with Crippen molar-refractivity contribution in [2.24, 2.45) is 0 Å². The van der Waals surface area contributed by atoms with Gasteiger partial charge in [0.25, 0.3) is 5.91 Å². The van der Waals surface area contributed by atoms with Crippen LogP contribution < -0.4 is 10.6 Å². The molecule has 2 N–H and O–H groups in total. The first-order valence-corrected chi connectivity index (χ1v) is 8.44. The third kappa shape index (κ3) is 4.28. The summed E-state index contributed by atoms with van der Waals surface area (Å²) >= 11 is 3.09. The van der Waals surface area contributed by atoms with Gasteiger partial charge in [-0.15, -0.1) is 0 Å². The minimum atomic E-state index is -0.0415. The summed E-state index contributed by atoms with van der Waals surface area (Å²) < 4.78 is 0. The second kappa shape index (κ2) is 7.59. The highest BCUT2D eigenvalue weighted by Crippen LogP contribution is 2.28. The van der Waals surface area contributed by atoms with Crippen LogP contribution in [0.3, 0.4) is 0 Å². The van der Waals surface area contributed by atoms with E-state index in [1.54, 1.807) is 23.7 Å². The molecule has 19 heavy (non-hydrogen) atoms. The molecule has 0 aromatic carbocycles. The van der Waals surface area contributed by atoms with Gasteiger partial charge in [-0.25, -0.2) is 4.98 Å². The van der Waals surface area contributed by atoms with Crippen molar-refractivity contribution in [3.05, 3.63) is 4.88 Å². The molecule has 0 saturated heterocycles. The van der Waals surface area contributed by atoms with Gasteiger partial charge in [-0.1, -0.05) is 18.3 Å². The zero-order valence-corrected chi connectivity index (χ0v) is 13.6. The molecule has 0 aliphatic rings. The standard InChI is InChI=1S/C12H22N4OS2/c1-5-6-16(3)12-14-10(13)9(19-12)11(17)15(2)7-8-18-4/h5-8,13H2,1-4H3. The van der Waals surface area contributed by atoms with Crippen molar-refractivity contribution >= 4 is 40.0 Å². The van der Waals surface area contributed by atoms with E-state index in [-0.39, 0.29) is 5.91 Å². The van der Waals surface area contributed by atoms with E-state index in [1.165, 1.54) is 11.3 Å². The van der Waals surface area contributed by atoms with Crippen LogP contribution in [0, 0.1) is 0 Å². The summed E-state index contributed by atoms with van der Waals surface area (Å²) in [6.45, 7) is 3.73. The molecular formula is C12H22N4OS2. The minimum absolute atomic E-state index is 0.0415. The first kappa shape index (κ1) is 16.1. The summed E-state index contributed by atoms with van der Waals surface area (Å²) in [5.41, 5.74) is 5.86. The Balaban J connectivity index is 2.80. The smallest absolute Gasteiger partial charge is 0.267 e. The number of nitrogens with two attached hydrogens (primary N) is 1. The predicted molar refractivity (Wildman–Crippen MR) is 85.4 cm³/mol. The number of nitrogen functional groups attached to an aromatic ring is 1. The third-order valence-electron chi connectivity index (χ3n) is 2.70. The summed E-state index contributed by atoms with van der Waals surface area (Å²) in [7, 11) is 3.76. The van der Waals surface area contributed by atoms with E-state index in [9.17, 15) is 4.79 Å². The average Bonchev–Trinajstić information content (AvgIpc) is 2.77. The summed E-state index contributed by atoms with van der Waals surface area (Å²) in [4.78, 5) is 20.8. The molecule has 5 nitrogen and oxygen atoms in total. The normalized spacial score (nSPS) is 10.5. The molecule has 0 saturated carbocycles. The molecule has 0 bridgehead atoms. The number of nitrogens with zero attached hydrogens (tertiary/aromatic N) is 3. The van der Waals surface area contributed by atoms with Crippen molar-refractivity contribution in [3.63, 3.8) is 0 Å². The lowest BCUT2D eigenvalue weighted by Gasteiger charge is -2.15. The van der Waals surface area contributed by atoms with Gasteiger partial charge in [-0.3, -0.25) is 4.79 Å². The molecule has 1 aromatic heterocycles. The first-order chi connectivity index (χ1) is 9.01. The molecule has 1 amide bonds. The number of amides is 1. The minimum Gasteiger partial charge on any atom is -0.382 e. The fourth-order valence-corrected chi connectivity index (χ4v) is 2.99. The van der Waals surface area contributed by atoms with Crippen molar-refractivity contribution in [3.8, 4) is 0 Å². The monoisotopic (exact) mass is 302 g/mol. The highest BCUT2D eigenvalue weighted by Gasteiger charge is 2.20. The van der Waals surface area contributed by atoms with Gasteiger partial charge in [0.1, 0.15) is 10.7 Å². The van der Waals surface area contributed by atoms with Crippen LogP contribution in [-0.2, 0) is 0 Å². The molecule has 0 radical (unpaired) electrons. The lowest BCUT2D eigenvalue weighted by molar-refractivity contribution is 0.0809. The van der Waals surface area contributed by atoms with Crippen LogP contribution in [0.15, 0.2) is 0 Å². The molecule has 0 aliphatic carbocycles. The van der Waals surface area contributed by atoms with E-state index >= 15 is 0 Å². The van der Waals surface area contributed by atoms with Gasteiger partial charge in [0.15, 0.2) is 5.13 Å². The number of thioether (sulfide) groups is 1. The van der Waals surface area contributed by atoms with Crippen molar-refractivity contribution < 1.29 is 4.79 Å². The second-order valence-corrected chi connectivity index (χ2v) is 6.31. The Morgan fingerprint density at radius 2 is 2.11 bits per heavy atom. The highest BCUT2D eigenvalue weighted by atomic mass is 32.2. The van der Waals surface area contributed by atoms with Crippen LogP contribution >= 0.6 is 23.1 Å². The van der Waals surface area contributed by atoms with Crippen LogP contribution in [0.1, 0.15) is 23.0 Å². The van der Waals surface area contributed by atoms with Gasteiger partial charge in [-0.2, -0.15) is 11.8 Å². The summed E-state index contributed by atoms with van der Waals surface area (Å²) in [6, 6.07) is 0. The van der Waals surface area contributed by atoms with Crippen LogP contribution in [-0.4, -0.2) is 55.0 Å². The van der Waals surface area contributed by atoms with Crippen LogP contribution in [0.25, 0.3) is 0 Å². The van der Waals surface area contributed by atoms with Gasteiger partial charge in [0, 0.05) is 32.9 Å². The number of rotatable bonds is 7. The largest absolute Gasteiger partial charge is 0.382 e. The Kier molecular flexibility index (Phi) is 6.44. The van der Waals surface area contributed by atoms with E-state index < -0.39 is 0 Å². The Morgan fingerprint density at radius 1 is 1.42 bits per heavy atom. The molecular weight excluding hydrogens is 280 g/mol. The van der Waals surface area contributed by atoms with Gasteiger partial charge < -0.3 is 15.5 Å². The van der Waals surface area contributed by atoms with Gasteiger partial charge >= 0.3 is 0 Å². The maximum absolute atomic E-state index is 12.3. The first-order valence-electron chi connectivity index (χ1n) is 6.23. The highest BCUT2D eigenvalue weighted by molar-refractivity contribution is 7.98. The number of carbonyl (C=O) groups is 1. The molecule has 1 heterocycles. The summed E-state index contributed by atoms with van der Waals surface area (Å²) in [5, 5.41) is 0.806. The number of aromatic nitrogens is 1. The third-order valence-corrected chi connectivity index (χ3v) is 4.46. The maximum atomic E-state index is 12.3. The number of carbonyl (C=O) groups excluding carboxylic acids is 1. The van der Waals surface area contributed by atoms with Crippen LogP contribution in [0.5, 0.6) is 0 Å². The van der Waals surface area contributed by atoms with Gasteiger partial charge in [0.05, 0.1) is 0 Å². The van der Waals surface area contributed by atoms with Gasteiger partial charge in [0.2, 0.25) is 0 Å². The number of anilines is 2. The van der Waals surface area contributed by atoms with Crippen LogP contribution in [0.4, 0.5) is 10.9 Å². The fourth-order valence-electron chi connectivity index (χ4n) is 1.57. The van der Waals surface area contributed by atoms with E-state index in [0.717, 1.165) is 30.4 Å². The van der Waals surface area contributed by atoms with Crippen molar-refractivity contribution in [1.82, 2.24) is 9.88 Å². The molecule has 0 spiro atoms. The number of hydrogen-bond donors (Lipinski definition) is 1. The topological polar surface area (TPSA) is 62.5 Å². The molecule has 7 heteroatoms. The number of hydrogen-bond acceptors (Lipinski definition) is 6. The Bertz CT molecular complexity index is 422. The Hall–Kier alpha value is -0.950. The zero-order valence-electron chi connectivity index (χ0n) is 12.0.